The number of hydrogen-bond donors (Lipinski definition) is 2. The summed E-state index contributed by atoms with van der Waals surface area (Å²) in [6.07, 6.45) is 7.97. The maximum atomic E-state index is 5.20. The minimum absolute atomic E-state index is 0. The summed E-state index contributed by atoms with van der Waals surface area (Å²) in [6.45, 7) is 6.02. The Morgan fingerprint density at radius 2 is 2.21 bits per heavy atom. The zero-order valence-electron chi connectivity index (χ0n) is 11.4. The van der Waals surface area contributed by atoms with Gasteiger partial charge >= 0.3 is 0 Å². The maximum Gasteiger partial charge on any atom is 0.192 e. The fourth-order valence-electron chi connectivity index (χ4n) is 1.42. The number of halogens is 1. The lowest BCUT2D eigenvalue weighted by atomic mass is 10.2. The summed E-state index contributed by atoms with van der Waals surface area (Å²) in [5, 5.41) is 6.19. The molecule has 0 saturated carbocycles. The fraction of sp³-hybridized carbons (Fsp3) is 0.429. The standard InChI is InChI=1S/C14H20N4.HI/c1-4-9-16-14(15-5-2)17-10-8-13-7-6-12(3)18-11-13;/h1,6-7,11H,5,8-10H2,2-3H3,(H2,15,16,17);1H. The molecule has 0 aromatic carbocycles. The predicted molar refractivity (Wildman–Crippen MR) is 90.9 cm³/mol. The molecule has 19 heavy (non-hydrogen) atoms. The van der Waals surface area contributed by atoms with Crippen LogP contribution in [0.25, 0.3) is 0 Å². The molecule has 0 bridgehead atoms. The van der Waals surface area contributed by atoms with Gasteiger partial charge in [-0.1, -0.05) is 12.0 Å². The lowest BCUT2D eigenvalue weighted by Gasteiger charge is -2.08. The molecule has 0 atom stereocenters. The highest BCUT2D eigenvalue weighted by Gasteiger charge is 1.96. The van der Waals surface area contributed by atoms with Crippen molar-refractivity contribution in [2.24, 2.45) is 4.99 Å². The number of nitrogens with zero attached hydrogens (tertiary/aromatic N) is 2. The molecule has 4 nitrogen and oxygen atoms in total. The van der Waals surface area contributed by atoms with E-state index in [4.69, 9.17) is 6.42 Å². The lowest BCUT2D eigenvalue weighted by Crippen LogP contribution is -2.37. The molecule has 0 radical (unpaired) electrons. The first-order valence-electron chi connectivity index (χ1n) is 6.13. The van der Waals surface area contributed by atoms with Crippen molar-refractivity contribution < 1.29 is 0 Å². The van der Waals surface area contributed by atoms with E-state index in [1.54, 1.807) is 0 Å². The van der Waals surface area contributed by atoms with Crippen LogP contribution in [0, 0.1) is 19.3 Å². The lowest BCUT2D eigenvalue weighted by molar-refractivity contribution is 0.854. The molecule has 0 amide bonds. The molecular formula is C14H21IN4. The summed E-state index contributed by atoms with van der Waals surface area (Å²) < 4.78 is 0. The fourth-order valence-corrected chi connectivity index (χ4v) is 1.42. The van der Waals surface area contributed by atoms with Crippen LogP contribution in [0.4, 0.5) is 0 Å². The van der Waals surface area contributed by atoms with Crippen molar-refractivity contribution in [3.05, 3.63) is 29.6 Å². The van der Waals surface area contributed by atoms with Crippen LogP contribution >= 0.6 is 24.0 Å². The first-order chi connectivity index (χ1) is 8.76. The Hall–Kier alpha value is -1.29. The molecule has 2 N–H and O–H groups in total. The number of terminal acetylenes is 1. The predicted octanol–water partition coefficient (Wildman–Crippen LogP) is 1.74. The molecule has 0 aliphatic rings. The molecule has 1 heterocycles. The van der Waals surface area contributed by atoms with Crippen LogP contribution in [-0.4, -0.2) is 30.6 Å². The highest BCUT2D eigenvalue weighted by atomic mass is 127. The summed E-state index contributed by atoms with van der Waals surface area (Å²) in [4.78, 5) is 8.70. The van der Waals surface area contributed by atoms with E-state index in [9.17, 15) is 0 Å². The van der Waals surface area contributed by atoms with Crippen LogP contribution in [0.1, 0.15) is 18.2 Å². The third-order valence-corrected chi connectivity index (χ3v) is 2.35. The second-order valence-electron chi connectivity index (χ2n) is 3.88. The third-order valence-electron chi connectivity index (χ3n) is 2.35. The number of aryl methyl sites for hydroxylation is 1. The van der Waals surface area contributed by atoms with Gasteiger partial charge in [-0.3, -0.25) is 9.98 Å². The first-order valence-corrected chi connectivity index (χ1v) is 6.13. The molecule has 0 saturated heterocycles. The van der Waals surface area contributed by atoms with Crippen LogP contribution < -0.4 is 10.6 Å². The van der Waals surface area contributed by atoms with Crippen molar-refractivity contribution in [3.8, 4) is 12.3 Å². The Kier molecular flexibility index (Phi) is 9.90. The van der Waals surface area contributed by atoms with Crippen LogP contribution in [-0.2, 0) is 6.42 Å². The van der Waals surface area contributed by atoms with E-state index in [1.807, 2.05) is 26.1 Å². The molecular weight excluding hydrogens is 351 g/mol. The highest BCUT2D eigenvalue weighted by molar-refractivity contribution is 14.0. The van der Waals surface area contributed by atoms with Crippen molar-refractivity contribution in [1.29, 1.82) is 0 Å². The average Bonchev–Trinajstić information content (AvgIpc) is 2.38. The molecule has 0 unspecified atom stereocenters. The van der Waals surface area contributed by atoms with Crippen molar-refractivity contribution >= 4 is 29.9 Å². The number of pyridine rings is 1. The van der Waals surface area contributed by atoms with E-state index in [0.717, 1.165) is 24.6 Å². The van der Waals surface area contributed by atoms with Gasteiger partial charge in [0.1, 0.15) is 0 Å². The van der Waals surface area contributed by atoms with Crippen LogP contribution in [0.5, 0.6) is 0 Å². The zero-order valence-corrected chi connectivity index (χ0v) is 13.8. The van der Waals surface area contributed by atoms with E-state index < -0.39 is 0 Å². The van der Waals surface area contributed by atoms with E-state index in [1.165, 1.54) is 5.56 Å². The van der Waals surface area contributed by atoms with Gasteiger partial charge in [0.05, 0.1) is 6.54 Å². The van der Waals surface area contributed by atoms with Crippen molar-refractivity contribution in [3.63, 3.8) is 0 Å². The number of guanidine groups is 1. The van der Waals surface area contributed by atoms with Crippen LogP contribution in [0.3, 0.4) is 0 Å². The molecule has 0 spiro atoms. The molecule has 104 valence electrons. The van der Waals surface area contributed by atoms with E-state index in [2.05, 4.69) is 32.6 Å². The molecule has 5 heteroatoms. The largest absolute Gasteiger partial charge is 0.357 e. The van der Waals surface area contributed by atoms with E-state index in [0.29, 0.717) is 13.1 Å². The smallest absolute Gasteiger partial charge is 0.192 e. The van der Waals surface area contributed by atoms with Gasteiger partial charge in [-0.2, -0.15) is 0 Å². The topological polar surface area (TPSA) is 49.3 Å². The maximum absolute atomic E-state index is 5.20. The second kappa shape index (κ2) is 10.6. The normalized spacial score (nSPS) is 10.3. The second-order valence-corrected chi connectivity index (χ2v) is 3.88. The van der Waals surface area contributed by atoms with Gasteiger partial charge in [0, 0.05) is 25.0 Å². The Morgan fingerprint density at radius 1 is 1.42 bits per heavy atom. The van der Waals surface area contributed by atoms with Gasteiger partial charge < -0.3 is 10.6 Å². The summed E-state index contributed by atoms with van der Waals surface area (Å²) in [7, 11) is 0. The minimum atomic E-state index is 0. The van der Waals surface area contributed by atoms with Gasteiger partial charge in [-0.25, -0.2) is 0 Å². The van der Waals surface area contributed by atoms with Crippen LogP contribution in [0.15, 0.2) is 23.3 Å². The van der Waals surface area contributed by atoms with Gasteiger partial charge in [-0.05, 0) is 31.9 Å². The van der Waals surface area contributed by atoms with Gasteiger partial charge in [-0.15, -0.1) is 30.4 Å². The Balaban J connectivity index is 0.00000324. The number of rotatable bonds is 5. The van der Waals surface area contributed by atoms with Gasteiger partial charge in [0.2, 0.25) is 0 Å². The Bertz CT molecular complexity index is 420. The Labute approximate surface area is 132 Å². The molecule has 1 aromatic rings. The third kappa shape index (κ3) is 7.67. The van der Waals surface area contributed by atoms with Crippen molar-refractivity contribution in [2.75, 3.05) is 19.6 Å². The molecule has 0 aliphatic carbocycles. The SMILES string of the molecule is C#CCNC(=NCCc1ccc(C)nc1)NCC.I. The quantitative estimate of drug-likeness (QED) is 0.358. The first kappa shape index (κ1) is 17.7. The van der Waals surface area contributed by atoms with E-state index >= 15 is 0 Å². The highest BCUT2D eigenvalue weighted by Crippen LogP contribution is 2.00. The number of aromatic nitrogens is 1. The van der Waals surface area contributed by atoms with E-state index in [-0.39, 0.29) is 24.0 Å². The van der Waals surface area contributed by atoms with Crippen molar-refractivity contribution in [2.45, 2.75) is 20.3 Å². The minimum Gasteiger partial charge on any atom is -0.357 e. The molecule has 0 aliphatic heterocycles. The van der Waals surface area contributed by atoms with Gasteiger partial charge in [0.15, 0.2) is 5.96 Å². The summed E-state index contributed by atoms with van der Waals surface area (Å²) in [5.41, 5.74) is 2.23. The zero-order chi connectivity index (χ0) is 13.2. The van der Waals surface area contributed by atoms with Crippen LogP contribution in [0.2, 0.25) is 0 Å². The number of nitrogens with one attached hydrogen (secondary N) is 2. The summed E-state index contributed by atoms with van der Waals surface area (Å²) in [5.74, 6) is 3.29. The summed E-state index contributed by atoms with van der Waals surface area (Å²) >= 11 is 0. The van der Waals surface area contributed by atoms with Crippen molar-refractivity contribution in [1.82, 2.24) is 15.6 Å². The Morgan fingerprint density at radius 3 is 2.79 bits per heavy atom. The van der Waals surface area contributed by atoms with Gasteiger partial charge in [0.25, 0.3) is 0 Å². The summed E-state index contributed by atoms with van der Waals surface area (Å²) in [6, 6.07) is 4.10. The number of hydrogen-bond acceptors (Lipinski definition) is 2. The number of aliphatic imine (C=N–C) groups is 1. The molecule has 1 rings (SSSR count). The molecule has 1 aromatic heterocycles. The monoisotopic (exact) mass is 372 g/mol. The molecule has 0 fully saturated rings. The average molecular weight is 372 g/mol.